The van der Waals surface area contributed by atoms with Crippen LogP contribution in [-0.2, 0) is 22.7 Å². The highest BCUT2D eigenvalue weighted by atomic mass is 16.3. The van der Waals surface area contributed by atoms with Crippen molar-refractivity contribution in [2.75, 3.05) is 4.90 Å². The molecule has 5 rings (SSSR count). The Labute approximate surface area is 207 Å². The van der Waals surface area contributed by atoms with Gasteiger partial charge in [-0.2, -0.15) is 0 Å². The molecule has 182 valence electrons. The molecule has 1 N–H and O–H groups in total. The van der Waals surface area contributed by atoms with Crippen LogP contribution in [0.2, 0.25) is 0 Å². The third-order valence-electron chi connectivity index (χ3n) is 5.79. The molecule has 0 aliphatic rings. The molecule has 9 heteroatoms. The summed E-state index contributed by atoms with van der Waals surface area (Å²) in [4.78, 5) is 29.0. The third kappa shape index (κ3) is 4.76. The molecule has 0 spiro atoms. The van der Waals surface area contributed by atoms with E-state index in [2.05, 4.69) is 15.6 Å². The fourth-order valence-corrected chi connectivity index (χ4v) is 4.27. The zero-order valence-electron chi connectivity index (χ0n) is 19.9. The number of amides is 2. The highest BCUT2D eigenvalue weighted by molar-refractivity contribution is 6.01. The van der Waals surface area contributed by atoms with Gasteiger partial charge in [-0.1, -0.05) is 23.4 Å². The zero-order chi connectivity index (χ0) is 25.1. The Balaban J connectivity index is 1.55. The maximum Gasteiger partial charge on any atom is 0.251 e. The van der Waals surface area contributed by atoms with Crippen LogP contribution in [0.5, 0.6) is 0 Å². The lowest BCUT2D eigenvalue weighted by atomic mass is 10.1. The van der Waals surface area contributed by atoms with Gasteiger partial charge in [-0.05, 0) is 73.5 Å². The van der Waals surface area contributed by atoms with Crippen LogP contribution in [-0.4, -0.2) is 26.8 Å². The molecule has 3 aromatic heterocycles. The number of aryl methyl sites for hydroxylation is 2. The summed E-state index contributed by atoms with van der Waals surface area (Å²) in [5.41, 5.74) is 3.91. The first-order valence-corrected chi connectivity index (χ1v) is 11.5. The normalized spacial score (nSPS) is 11.9. The van der Waals surface area contributed by atoms with Crippen molar-refractivity contribution >= 4 is 28.5 Å². The lowest BCUT2D eigenvalue weighted by Crippen LogP contribution is -2.45. The number of carbonyl (C=O) groups is 2. The van der Waals surface area contributed by atoms with Crippen LogP contribution in [0.3, 0.4) is 0 Å². The van der Waals surface area contributed by atoms with E-state index in [1.165, 1.54) is 15.8 Å². The quantitative estimate of drug-likeness (QED) is 0.352. The van der Waals surface area contributed by atoms with Gasteiger partial charge >= 0.3 is 0 Å². The summed E-state index contributed by atoms with van der Waals surface area (Å²) in [6.45, 7) is 3.95. The molecule has 0 saturated carbocycles. The highest BCUT2D eigenvalue weighted by Gasteiger charge is 2.35. The smallest absolute Gasteiger partial charge is 0.251 e. The minimum absolute atomic E-state index is 0.115. The van der Waals surface area contributed by atoms with E-state index in [9.17, 15) is 9.59 Å². The summed E-state index contributed by atoms with van der Waals surface area (Å²) < 4.78 is 12.5. The van der Waals surface area contributed by atoms with Crippen molar-refractivity contribution in [1.29, 1.82) is 0 Å². The third-order valence-corrected chi connectivity index (χ3v) is 5.79. The molecule has 5 aromatic rings. The number of carbonyl (C=O) groups excluding carboxylic acids is 2. The molecule has 3 heterocycles. The number of fused-ring (bicyclic) bond motifs is 1. The highest BCUT2D eigenvalue weighted by Crippen LogP contribution is 2.30. The van der Waals surface area contributed by atoms with Gasteiger partial charge < -0.3 is 14.2 Å². The Morgan fingerprint density at radius 1 is 0.972 bits per heavy atom. The molecule has 0 aliphatic carbocycles. The number of furan rings is 2. The molecule has 0 bridgehead atoms. The summed E-state index contributed by atoms with van der Waals surface area (Å²) in [6, 6.07) is 19.0. The topological polar surface area (TPSA) is 106 Å². The van der Waals surface area contributed by atoms with Crippen LogP contribution in [0.4, 0.5) is 5.69 Å². The minimum Gasteiger partial charge on any atom is -0.467 e. The van der Waals surface area contributed by atoms with Crippen molar-refractivity contribution < 1.29 is 18.4 Å². The van der Waals surface area contributed by atoms with Gasteiger partial charge in [-0.3, -0.25) is 14.5 Å². The van der Waals surface area contributed by atoms with Crippen molar-refractivity contribution in [2.45, 2.75) is 33.0 Å². The van der Waals surface area contributed by atoms with E-state index < -0.39 is 11.9 Å². The molecular formula is C27H25N5O4. The summed E-state index contributed by atoms with van der Waals surface area (Å²) >= 11 is 0. The van der Waals surface area contributed by atoms with Gasteiger partial charge in [0.05, 0.1) is 24.6 Å². The van der Waals surface area contributed by atoms with Gasteiger partial charge in [0.15, 0.2) is 6.04 Å². The Bertz CT molecular complexity index is 1470. The number of nitrogens with zero attached hydrogens (tertiary/aromatic N) is 4. The summed E-state index contributed by atoms with van der Waals surface area (Å²) in [5, 5.41) is 11.2. The second-order valence-corrected chi connectivity index (χ2v) is 8.56. The number of hydrogen-bond acceptors (Lipinski definition) is 6. The van der Waals surface area contributed by atoms with Crippen molar-refractivity contribution in [3.63, 3.8) is 0 Å². The van der Waals surface area contributed by atoms with Crippen LogP contribution in [0.1, 0.15) is 28.7 Å². The summed E-state index contributed by atoms with van der Waals surface area (Å²) in [6.07, 6.45) is 3.02. The van der Waals surface area contributed by atoms with E-state index in [0.717, 1.165) is 16.6 Å². The van der Waals surface area contributed by atoms with Gasteiger partial charge in [0, 0.05) is 5.69 Å². The maximum absolute atomic E-state index is 13.9. The number of aromatic nitrogens is 3. The van der Waals surface area contributed by atoms with Crippen molar-refractivity contribution in [3.05, 3.63) is 102 Å². The predicted octanol–water partition coefficient (Wildman–Crippen LogP) is 4.33. The molecule has 0 radical (unpaired) electrons. The van der Waals surface area contributed by atoms with Gasteiger partial charge in [0.25, 0.3) is 5.91 Å². The molecule has 36 heavy (non-hydrogen) atoms. The number of nitrogens with one attached hydrogen (secondary N) is 1. The van der Waals surface area contributed by atoms with E-state index in [0.29, 0.717) is 22.7 Å². The largest absolute Gasteiger partial charge is 0.467 e. The van der Waals surface area contributed by atoms with E-state index in [4.69, 9.17) is 8.83 Å². The molecule has 9 nitrogen and oxygen atoms in total. The Morgan fingerprint density at radius 3 is 2.44 bits per heavy atom. The van der Waals surface area contributed by atoms with E-state index in [1.807, 2.05) is 56.3 Å². The lowest BCUT2D eigenvalue weighted by Gasteiger charge is -2.30. The first-order valence-electron chi connectivity index (χ1n) is 11.5. The molecule has 0 unspecified atom stereocenters. The lowest BCUT2D eigenvalue weighted by molar-refractivity contribution is -0.127. The molecular weight excluding hydrogens is 458 g/mol. The molecule has 1 atom stereocenters. The summed E-state index contributed by atoms with van der Waals surface area (Å²) in [7, 11) is 0. The van der Waals surface area contributed by atoms with E-state index in [1.54, 1.807) is 30.5 Å². The number of anilines is 1. The first-order chi connectivity index (χ1) is 17.5. The van der Waals surface area contributed by atoms with Crippen LogP contribution >= 0.6 is 0 Å². The second kappa shape index (κ2) is 9.91. The number of para-hydroxylation sites is 1. The van der Waals surface area contributed by atoms with E-state index >= 15 is 0 Å². The van der Waals surface area contributed by atoms with Gasteiger partial charge in [-0.25, -0.2) is 4.68 Å². The molecule has 0 aliphatic heterocycles. The number of rotatable bonds is 8. The van der Waals surface area contributed by atoms with Gasteiger partial charge in [0.2, 0.25) is 5.91 Å². The molecule has 2 aromatic carbocycles. The predicted molar refractivity (Wildman–Crippen MR) is 133 cm³/mol. The fourth-order valence-electron chi connectivity index (χ4n) is 4.27. The Morgan fingerprint density at radius 2 is 1.72 bits per heavy atom. The Hall–Kier alpha value is -4.66. The minimum atomic E-state index is -1.06. The van der Waals surface area contributed by atoms with Crippen molar-refractivity contribution in [1.82, 2.24) is 20.3 Å². The van der Waals surface area contributed by atoms with Crippen molar-refractivity contribution in [2.24, 2.45) is 0 Å². The monoisotopic (exact) mass is 483 g/mol. The average molecular weight is 484 g/mol. The van der Waals surface area contributed by atoms with Crippen LogP contribution in [0, 0.1) is 13.8 Å². The second-order valence-electron chi connectivity index (χ2n) is 8.56. The maximum atomic E-state index is 13.9. The van der Waals surface area contributed by atoms with Gasteiger partial charge in [0.1, 0.15) is 23.6 Å². The first kappa shape index (κ1) is 23.1. The van der Waals surface area contributed by atoms with E-state index in [-0.39, 0.29) is 19.0 Å². The average Bonchev–Trinajstić information content (AvgIpc) is 3.63. The van der Waals surface area contributed by atoms with Gasteiger partial charge in [-0.15, -0.1) is 5.10 Å². The van der Waals surface area contributed by atoms with Crippen molar-refractivity contribution in [3.8, 4) is 0 Å². The summed E-state index contributed by atoms with van der Waals surface area (Å²) in [5.74, 6) is 0.185. The van der Waals surface area contributed by atoms with Crippen LogP contribution in [0.15, 0.2) is 88.1 Å². The number of benzene rings is 2. The standard InChI is InChI=1S/C27H25N5O4/c1-18-13-19(2)15-20(14-18)32(25(33)17-31-23-9-4-3-8-22(23)29-30-31)26(24-10-6-12-36-24)27(34)28-16-21-7-5-11-35-21/h3-15,26H,16-17H2,1-2H3,(H,28,34)/t26-/m0/s1. The Kier molecular flexibility index (Phi) is 6.36. The molecule has 0 saturated heterocycles. The van der Waals surface area contributed by atoms with Crippen LogP contribution < -0.4 is 10.2 Å². The SMILES string of the molecule is Cc1cc(C)cc(N(C(=O)Cn2nnc3ccccc32)[C@H](C(=O)NCc2ccco2)c2ccco2)c1. The molecule has 0 fully saturated rings. The number of hydrogen-bond donors (Lipinski definition) is 1. The zero-order valence-corrected chi connectivity index (χ0v) is 19.9. The van der Waals surface area contributed by atoms with Crippen LogP contribution in [0.25, 0.3) is 11.0 Å². The molecule has 2 amide bonds. The fraction of sp³-hybridized carbons (Fsp3) is 0.185.